The van der Waals surface area contributed by atoms with Gasteiger partial charge in [-0.2, -0.15) is 0 Å². The van der Waals surface area contributed by atoms with E-state index in [1.165, 1.54) is 0 Å². The molecule has 1 N–H and O–H groups in total. The van der Waals surface area contributed by atoms with Crippen LogP contribution in [0.2, 0.25) is 0 Å². The zero-order chi connectivity index (χ0) is 12.3. The van der Waals surface area contributed by atoms with E-state index in [1.54, 1.807) is 4.90 Å². The van der Waals surface area contributed by atoms with Gasteiger partial charge in [-0.05, 0) is 39.5 Å². The number of hydrogen-bond acceptors (Lipinski definition) is 3. The van der Waals surface area contributed by atoms with Crippen LogP contribution in [0.15, 0.2) is 0 Å². The average molecular weight is 229 g/mol. The first-order valence-corrected chi connectivity index (χ1v) is 5.95. The minimum absolute atomic E-state index is 0.115. The Balaban J connectivity index is 2.61. The van der Waals surface area contributed by atoms with Crippen LogP contribution in [-0.4, -0.2) is 40.9 Å². The second kappa shape index (κ2) is 5.04. The fraction of sp³-hybridized carbons (Fsp3) is 0.917. The van der Waals surface area contributed by atoms with Crippen LogP contribution in [-0.2, 0) is 4.74 Å². The molecule has 1 aliphatic heterocycles. The lowest BCUT2D eigenvalue weighted by Gasteiger charge is -2.31. The van der Waals surface area contributed by atoms with E-state index < -0.39 is 5.60 Å². The molecule has 1 rings (SSSR count). The highest BCUT2D eigenvalue weighted by atomic mass is 16.6. The number of amides is 1. The van der Waals surface area contributed by atoms with Gasteiger partial charge in [-0.1, -0.05) is 6.92 Å². The molecule has 4 nitrogen and oxygen atoms in total. The summed E-state index contributed by atoms with van der Waals surface area (Å²) in [5, 5.41) is 9.15. The van der Waals surface area contributed by atoms with E-state index in [2.05, 4.69) is 0 Å². The highest BCUT2D eigenvalue weighted by Crippen LogP contribution is 2.25. The van der Waals surface area contributed by atoms with E-state index in [0.29, 0.717) is 0 Å². The van der Waals surface area contributed by atoms with Crippen LogP contribution in [0.3, 0.4) is 0 Å². The highest BCUT2D eigenvalue weighted by Gasteiger charge is 2.34. The molecule has 0 aromatic heterocycles. The van der Waals surface area contributed by atoms with Crippen molar-refractivity contribution in [2.75, 3.05) is 13.2 Å². The molecule has 1 amide bonds. The van der Waals surface area contributed by atoms with Crippen LogP contribution in [0.4, 0.5) is 4.79 Å². The smallest absolute Gasteiger partial charge is 0.410 e. The molecular weight excluding hydrogens is 206 g/mol. The summed E-state index contributed by atoms with van der Waals surface area (Å²) < 4.78 is 5.35. The van der Waals surface area contributed by atoms with Crippen LogP contribution in [0.5, 0.6) is 0 Å². The molecule has 0 bridgehead atoms. The largest absolute Gasteiger partial charge is 0.444 e. The molecule has 0 radical (unpaired) electrons. The Bertz CT molecular complexity index is 247. The van der Waals surface area contributed by atoms with Gasteiger partial charge in [0.25, 0.3) is 0 Å². The van der Waals surface area contributed by atoms with Gasteiger partial charge < -0.3 is 14.7 Å². The lowest BCUT2D eigenvalue weighted by molar-refractivity contribution is 0.0156. The van der Waals surface area contributed by atoms with Gasteiger partial charge in [-0.25, -0.2) is 4.79 Å². The molecule has 0 saturated carbocycles. The summed E-state index contributed by atoms with van der Waals surface area (Å²) in [6.45, 7) is 8.42. The van der Waals surface area contributed by atoms with Crippen molar-refractivity contribution >= 4 is 6.09 Å². The number of aliphatic hydroxyl groups excluding tert-OH is 1. The molecule has 1 fully saturated rings. The Morgan fingerprint density at radius 1 is 1.56 bits per heavy atom. The van der Waals surface area contributed by atoms with Crippen molar-refractivity contribution in [1.29, 1.82) is 0 Å². The average Bonchev–Trinajstić information content (AvgIpc) is 2.62. The van der Waals surface area contributed by atoms with Crippen LogP contribution >= 0.6 is 0 Å². The molecule has 1 aliphatic rings. The summed E-state index contributed by atoms with van der Waals surface area (Å²) in [5.74, 6) is 0.120. The maximum absolute atomic E-state index is 11.9. The molecule has 0 aromatic carbocycles. The zero-order valence-electron chi connectivity index (χ0n) is 10.7. The third kappa shape index (κ3) is 3.37. The Kier molecular flexibility index (Phi) is 4.19. The van der Waals surface area contributed by atoms with Gasteiger partial charge in [0.05, 0.1) is 0 Å². The third-order valence-corrected chi connectivity index (χ3v) is 2.87. The molecule has 1 saturated heterocycles. The summed E-state index contributed by atoms with van der Waals surface area (Å²) in [4.78, 5) is 13.7. The van der Waals surface area contributed by atoms with Crippen LogP contribution < -0.4 is 0 Å². The lowest BCUT2D eigenvalue weighted by Crippen LogP contribution is -2.43. The number of carbonyl (C=O) groups is 1. The number of hydrogen-bond donors (Lipinski definition) is 1. The first-order valence-electron chi connectivity index (χ1n) is 5.95. The summed E-state index contributed by atoms with van der Waals surface area (Å²) in [7, 11) is 0. The maximum atomic E-state index is 11.9. The topological polar surface area (TPSA) is 49.8 Å². The molecule has 2 unspecified atom stereocenters. The fourth-order valence-electron chi connectivity index (χ4n) is 2.05. The van der Waals surface area contributed by atoms with E-state index in [4.69, 9.17) is 9.84 Å². The molecule has 0 aromatic rings. The van der Waals surface area contributed by atoms with Crippen molar-refractivity contribution in [3.63, 3.8) is 0 Å². The fourth-order valence-corrected chi connectivity index (χ4v) is 2.05. The number of nitrogens with zero attached hydrogens (tertiary/aromatic N) is 1. The summed E-state index contributed by atoms with van der Waals surface area (Å²) >= 11 is 0. The van der Waals surface area contributed by atoms with Crippen molar-refractivity contribution in [2.24, 2.45) is 5.92 Å². The zero-order valence-corrected chi connectivity index (χ0v) is 10.7. The Morgan fingerprint density at radius 3 is 2.69 bits per heavy atom. The molecule has 0 spiro atoms. The minimum Gasteiger partial charge on any atom is -0.444 e. The maximum Gasteiger partial charge on any atom is 0.410 e. The van der Waals surface area contributed by atoms with Gasteiger partial charge >= 0.3 is 6.09 Å². The predicted molar refractivity (Wildman–Crippen MR) is 62.2 cm³/mol. The van der Waals surface area contributed by atoms with Gasteiger partial charge in [-0.15, -0.1) is 0 Å². The van der Waals surface area contributed by atoms with Crippen LogP contribution in [0.1, 0.15) is 40.5 Å². The Labute approximate surface area is 97.6 Å². The number of aliphatic hydroxyl groups is 1. The first kappa shape index (κ1) is 13.3. The molecular formula is C12H23NO3. The molecule has 2 atom stereocenters. The van der Waals surface area contributed by atoms with Gasteiger partial charge in [0.15, 0.2) is 0 Å². The first-order chi connectivity index (χ1) is 7.35. The summed E-state index contributed by atoms with van der Waals surface area (Å²) in [5.41, 5.74) is -0.452. The Morgan fingerprint density at radius 2 is 2.19 bits per heavy atom. The van der Waals surface area contributed by atoms with Crippen molar-refractivity contribution in [2.45, 2.75) is 52.2 Å². The van der Waals surface area contributed by atoms with Gasteiger partial charge in [0.1, 0.15) is 5.60 Å². The molecule has 94 valence electrons. The summed E-state index contributed by atoms with van der Waals surface area (Å²) in [6.07, 6.45) is 1.70. The van der Waals surface area contributed by atoms with Crippen molar-refractivity contribution in [1.82, 2.24) is 4.90 Å². The van der Waals surface area contributed by atoms with Crippen molar-refractivity contribution in [3.05, 3.63) is 0 Å². The van der Waals surface area contributed by atoms with E-state index in [-0.39, 0.29) is 24.7 Å². The van der Waals surface area contributed by atoms with Crippen molar-refractivity contribution < 1.29 is 14.6 Å². The lowest BCUT2D eigenvalue weighted by atomic mass is 10.0. The van der Waals surface area contributed by atoms with Crippen LogP contribution in [0.25, 0.3) is 0 Å². The van der Waals surface area contributed by atoms with Crippen LogP contribution in [0, 0.1) is 5.92 Å². The third-order valence-electron chi connectivity index (χ3n) is 2.87. The highest BCUT2D eigenvalue weighted by molar-refractivity contribution is 5.69. The van der Waals surface area contributed by atoms with Gasteiger partial charge in [0, 0.05) is 19.2 Å². The molecule has 16 heavy (non-hydrogen) atoms. The van der Waals surface area contributed by atoms with E-state index in [9.17, 15) is 4.79 Å². The van der Waals surface area contributed by atoms with E-state index in [0.717, 1.165) is 19.4 Å². The van der Waals surface area contributed by atoms with E-state index >= 15 is 0 Å². The quantitative estimate of drug-likeness (QED) is 0.788. The standard InChI is InChI=1S/C12H23NO3/c1-9(8-14)10-6-5-7-13(10)11(15)16-12(2,3)4/h9-10,14H,5-8H2,1-4H3. The number of likely N-dealkylation sites (tertiary alicyclic amines) is 1. The number of ether oxygens (including phenoxy) is 1. The SMILES string of the molecule is CC(CO)C1CCCN1C(=O)OC(C)(C)C. The second-order valence-electron chi connectivity index (χ2n) is 5.54. The summed E-state index contributed by atoms with van der Waals surface area (Å²) in [6, 6.07) is 0.125. The number of carbonyl (C=O) groups excluding carboxylic acids is 1. The van der Waals surface area contributed by atoms with Crippen molar-refractivity contribution in [3.8, 4) is 0 Å². The minimum atomic E-state index is -0.452. The van der Waals surface area contributed by atoms with E-state index in [1.807, 2.05) is 27.7 Å². The van der Waals surface area contributed by atoms with Gasteiger partial charge in [-0.3, -0.25) is 0 Å². The Hall–Kier alpha value is -0.770. The predicted octanol–water partition coefficient (Wildman–Crippen LogP) is 2.01. The monoisotopic (exact) mass is 229 g/mol. The molecule has 4 heteroatoms. The van der Waals surface area contributed by atoms with Gasteiger partial charge in [0.2, 0.25) is 0 Å². The normalized spacial score (nSPS) is 23.3. The molecule has 1 heterocycles. The second-order valence-corrected chi connectivity index (χ2v) is 5.54. The number of rotatable bonds is 2. The molecule has 0 aliphatic carbocycles.